The van der Waals surface area contributed by atoms with E-state index in [1.54, 1.807) is 19.1 Å². The number of ether oxygens (including phenoxy) is 2. The topological polar surface area (TPSA) is 123 Å². The van der Waals surface area contributed by atoms with Crippen LogP contribution in [-0.2, 0) is 4.79 Å². The van der Waals surface area contributed by atoms with Crippen molar-refractivity contribution in [2.75, 3.05) is 13.2 Å². The Morgan fingerprint density at radius 1 is 1.36 bits per heavy atom. The fourth-order valence-corrected chi connectivity index (χ4v) is 3.12. The predicted octanol–water partition coefficient (Wildman–Crippen LogP) is 3.60. The third kappa shape index (κ3) is 6.05. The van der Waals surface area contributed by atoms with Crippen LogP contribution in [-0.4, -0.2) is 35.4 Å². The van der Waals surface area contributed by atoms with Crippen LogP contribution in [0.5, 0.6) is 17.2 Å². The minimum atomic E-state index is -0.530. The van der Waals surface area contributed by atoms with Crippen LogP contribution in [0.3, 0.4) is 0 Å². The predicted molar refractivity (Wildman–Crippen MR) is 114 cm³/mol. The van der Waals surface area contributed by atoms with Crippen LogP contribution in [0, 0.1) is 13.7 Å². The fourth-order valence-electron chi connectivity index (χ4n) is 2.01. The Hall–Kier alpha value is -2.41. The molecule has 0 aliphatic heterocycles. The van der Waals surface area contributed by atoms with Crippen LogP contribution in [0.2, 0.25) is 0 Å². The van der Waals surface area contributed by atoms with Crippen LogP contribution >= 0.6 is 38.5 Å². The SMILES string of the molecule is CCOc1cc(/C=N/NC(=O)COc2ccc([N+](=O)[O-])cc2Br)cc(I)c1O. The molecule has 2 rings (SSSR count). The number of aromatic hydroxyl groups is 1. The van der Waals surface area contributed by atoms with Gasteiger partial charge in [-0.15, -0.1) is 0 Å². The Balaban J connectivity index is 1.93. The van der Waals surface area contributed by atoms with E-state index in [1.165, 1.54) is 24.4 Å². The number of carbonyl (C=O) groups is 1. The number of nitrogens with zero attached hydrogens (tertiary/aromatic N) is 2. The molecule has 28 heavy (non-hydrogen) atoms. The number of benzene rings is 2. The second-order valence-corrected chi connectivity index (χ2v) is 7.25. The number of hydrazone groups is 1. The number of non-ortho nitro benzene ring substituents is 1. The Morgan fingerprint density at radius 3 is 2.75 bits per heavy atom. The van der Waals surface area contributed by atoms with E-state index in [0.29, 0.717) is 31.7 Å². The highest BCUT2D eigenvalue weighted by Gasteiger charge is 2.11. The first-order valence-electron chi connectivity index (χ1n) is 7.85. The lowest BCUT2D eigenvalue weighted by atomic mass is 10.2. The molecule has 0 bridgehead atoms. The van der Waals surface area contributed by atoms with E-state index in [1.807, 2.05) is 22.6 Å². The van der Waals surface area contributed by atoms with Gasteiger partial charge in [0, 0.05) is 12.1 Å². The van der Waals surface area contributed by atoms with Crippen LogP contribution in [0.25, 0.3) is 0 Å². The highest BCUT2D eigenvalue weighted by atomic mass is 127. The lowest BCUT2D eigenvalue weighted by Crippen LogP contribution is -2.24. The summed E-state index contributed by atoms with van der Waals surface area (Å²) >= 11 is 5.12. The summed E-state index contributed by atoms with van der Waals surface area (Å²) in [5.74, 6) is 0.151. The molecule has 0 radical (unpaired) electrons. The number of nitro groups is 1. The van der Waals surface area contributed by atoms with Gasteiger partial charge in [-0.1, -0.05) is 0 Å². The van der Waals surface area contributed by atoms with Gasteiger partial charge >= 0.3 is 0 Å². The molecule has 11 heteroatoms. The van der Waals surface area contributed by atoms with Crippen LogP contribution in [0.4, 0.5) is 5.69 Å². The standard InChI is InChI=1S/C17H15BrIN3O6/c1-2-27-15-6-10(5-13(19)17(15)24)8-20-21-16(23)9-28-14-4-3-11(22(25)26)7-12(14)18/h3-8,24H,2,9H2,1H3,(H,21,23)/b20-8+. The molecule has 0 aromatic heterocycles. The van der Waals surface area contributed by atoms with Crippen LogP contribution in [0.15, 0.2) is 39.9 Å². The van der Waals surface area contributed by atoms with Crippen molar-refractivity contribution in [2.45, 2.75) is 6.92 Å². The summed E-state index contributed by atoms with van der Waals surface area (Å²) in [6, 6.07) is 7.23. The normalized spacial score (nSPS) is 10.7. The average Bonchev–Trinajstić information content (AvgIpc) is 2.64. The molecule has 0 saturated heterocycles. The monoisotopic (exact) mass is 563 g/mol. The number of phenolic OH excluding ortho intramolecular Hbond substituents is 1. The summed E-state index contributed by atoms with van der Waals surface area (Å²) in [5.41, 5.74) is 2.85. The summed E-state index contributed by atoms with van der Waals surface area (Å²) in [7, 11) is 0. The number of hydrogen-bond donors (Lipinski definition) is 2. The minimum absolute atomic E-state index is 0.0470. The van der Waals surface area contributed by atoms with Gasteiger partial charge in [0.15, 0.2) is 18.1 Å². The van der Waals surface area contributed by atoms with Gasteiger partial charge in [0.2, 0.25) is 0 Å². The molecule has 2 aromatic rings. The first kappa shape index (κ1) is 21.9. The largest absolute Gasteiger partial charge is 0.504 e. The molecule has 0 aliphatic rings. The van der Waals surface area contributed by atoms with Gasteiger partial charge in [0.05, 0.1) is 25.8 Å². The van der Waals surface area contributed by atoms with E-state index >= 15 is 0 Å². The Kier molecular flexibility index (Phi) is 7.99. The first-order valence-corrected chi connectivity index (χ1v) is 9.73. The number of nitrogens with one attached hydrogen (secondary N) is 1. The molecule has 0 unspecified atom stereocenters. The van der Waals surface area contributed by atoms with Crippen molar-refractivity contribution in [3.8, 4) is 17.2 Å². The summed E-state index contributed by atoms with van der Waals surface area (Å²) in [4.78, 5) is 22.0. The number of rotatable bonds is 8. The molecule has 2 aromatic carbocycles. The maximum atomic E-state index is 11.8. The molecule has 0 fully saturated rings. The first-order chi connectivity index (χ1) is 13.3. The molecule has 148 valence electrons. The quantitative estimate of drug-likeness (QED) is 0.219. The van der Waals surface area contributed by atoms with Gasteiger partial charge in [0.25, 0.3) is 11.6 Å². The van der Waals surface area contributed by atoms with Crippen molar-refractivity contribution in [3.05, 3.63) is 54.1 Å². The van der Waals surface area contributed by atoms with Gasteiger partial charge in [-0.25, -0.2) is 5.43 Å². The molecule has 0 atom stereocenters. The second kappa shape index (κ2) is 10.2. The fraction of sp³-hybridized carbons (Fsp3) is 0.176. The molecule has 0 saturated carbocycles. The molecule has 9 nitrogen and oxygen atoms in total. The van der Waals surface area contributed by atoms with E-state index in [2.05, 4.69) is 26.5 Å². The number of hydrogen-bond acceptors (Lipinski definition) is 7. The van der Waals surface area contributed by atoms with E-state index < -0.39 is 10.8 Å². The Morgan fingerprint density at radius 2 is 2.11 bits per heavy atom. The molecular formula is C17H15BrIN3O6. The molecule has 2 N–H and O–H groups in total. The molecule has 0 heterocycles. The second-order valence-electron chi connectivity index (χ2n) is 5.24. The summed E-state index contributed by atoms with van der Waals surface area (Å²) in [5, 5.41) is 24.5. The highest BCUT2D eigenvalue weighted by molar-refractivity contribution is 14.1. The maximum Gasteiger partial charge on any atom is 0.277 e. The number of phenols is 1. The van der Waals surface area contributed by atoms with Gasteiger partial charge in [-0.05, 0) is 69.2 Å². The maximum absolute atomic E-state index is 11.8. The van der Waals surface area contributed by atoms with Crippen molar-refractivity contribution < 1.29 is 24.3 Å². The lowest BCUT2D eigenvalue weighted by Gasteiger charge is -2.08. The van der Waals surface area contributed by atoms with Crippen molar-refractivity contribution in [2.24, 2.45) is 5.10 Å². The van der Waals surface area contributed by atoms with Crippen molar-refractivity contribution in [1.82, 2.24) is 5.43 Å². The van der Waals surface area contributed by atoms with Gasteiger partial charge in [-0.2, -0.15) is 5.10 Å². The zero-order chi connectivity index (χ0) is 20.7. The number of halogens is 2. The average molecular weight is 564 g/mol. The summed E-state index contributed by atoms with van der Waals surface area (Å²) in [6.07, 6.45) is 1.41. The van der Waals surface area contributed by atoms with Crippen molar-refractivity contribution in [3.63, 3.8) is 0 Å². The number of carbonyl (C=O) groups excluding carboxylic acids is 1. The summed E-state index contributed by atoms with van der Waals surface area (Å²) < 4.78 is 11.6. The minimum Gasteiger partial charge on any atom is -0.504 e. The number of nitro benzene ring substituents is 1. The van der Waals surface area contributed by atoms with Crippen LogP contribution in [0.1, 0.15) is 12.5 Å². The van der Waals surface area contributed by atoms with Crippen molar-refractivity contribution >= 4 is 56.3 Å². The highest BCUT2D eigenvalue weighted by Crippen LogP contribution is 2.32. The molecule has 0 spiro atoms. The molecular weight excluding hydrogens is 549 g/mol. The third-order valence-electron chi connectivity index (χ3n) is 3.24. The van der Waals surface area contributed by atoms with Crippen LogP contribution < -0.4 is 14.9 Å². The smallest absolute Gasteiger partial charge is 0.277 e. The lowest BCUT2D eigenvalue weighted by molar-refractivity contribution is -0.384. The molecule has 0 aliphatic carbocycles. The zero-order valence-corrected chi connectivity index (χ0v) is 18.3. The van der Waals surface area contributed by atoms with Gasteiger partial charge in [-0.3, -0.25) is 14.9 Å². The zero-order valence-electron chi connectivity index (χ0n) is 14.5. The van der Waals surface area contributed by atoms with E-state index in [0.717, 1.165) is 0 Å². The number of amides is 1. The Bertz CT molecular complexity index is 922. The third-order valence-corrected chi connectivity index (χ3v) is 4.68. The van der Waals surface area contributed by atoms with E-state index in [4.69, 9.17) is 9.47 Å². The van der Waals surface area contributed by atoms with E-state index in [9.17, 15) is 20.0 Å². The molecule has 1 amide bonds. The van der Waals surface area contributed by atoms with Gasteiger partial charge in [0.1, 0.15) is 5.75 Å². The van der Waals surface area contributed by atoms with E-state index in [-0.39, 0.29) is 18.0 Å². The Labute approximate surface area is 182 Å². The van der Waals surface area contributed by atoms with Crippen molar-refractivity contribution in [1.29, 1.82) is 0 Å². The van der Waals surface area contributed by atoms with Gasteiger partial charge < -0.3 is 14.6 Å². The summed E-state index contributed by atoms with van der Waals surface area (Å²) in [6.45, 7) is 1.87.